The van der Waals surface area contributed by atoms with Crippen LogP contribution in [0.25, 0.3) is 0 Å². The van der Waals surface area contributed by atoms with Gasteiger partial charge < -0.3 is 14.7 Å². The summed E-state index contributed by atoms with van der Waals surface area (Å²) < 4.78 is 17.6. The molecule has 0 atom stereocenters. The molecule has 19 heavy (non-hydrogen) atoms. The van der Waals surface area contributed by atoms with Crippen LogP contribution in [0.15, 0.2) is 36.1 Å². The van der Waals surface area contributed by atoms with Crippen molar-refractivity contribution in [3.63, 3.8) is 0 Å². The fraction of sp³-hybridized carbons (Fsp3) is 0.231. The van der Waals surface area contributed by atoms with Gasteiger partial charge in [0.25, 0.3) is 5.91 Å². The van der Waals surface area contributed by atoms with Crippen molar-refractivity contribution < 1.29 is 23.8 Å². The Bertz CT molecular complexity index is 513. The van der Waals surface area contributed by atoms with Crippen LogP contribution < -0.4 is 0 Å². The number of carbonyl (C=O) groups excluding carboxylic acids is 2. The van der Waals surface area contributed by atoms with Gasteiger partial charge in [-0.2, -0.15) is 0 Å². The normalized spacial score (nSPS) is 11.0. The van der Waals surface area contributed by atoms with E-state index in [-0.39, 0.29) is 6.54 Å². The van der Waals surface area contributed by atoms with Gasteiger partial charge in [0.1, 0.15) is 5.82 Å². The largest absolute Gasteiger partial charge is 0.502 e. The summed E-state index contributed by atoms with van der Waals surface area (Å²) in [6.07, 6.45) is 0.729. The predicted octanol–water partition coefficient (Wildman–Crippen LogP) is 1.40. The zero-order valence-corrected chi connectivity index (χ0v) is 10.6. The quantitative estimate of drug-likeness (QED) is 0.508. The van der Waals surface area contributed by atoms with Crippen LogP contribution in [0.1, 0.15) is 5.56 Å². The van der Waals surface area contributed by atoms with Crippen molar-refractivity contribution in [2.45, 2.75) is 6.54 Å². The van der Waals surface area contributed by atoms with E-state index in [9.17, 15) is 19.1 Å². The minimum atomic E-state index is -1.01. The number of benzene rings is 1. The van der Waals surface area contributed by atoms with Crippen LogP contribution in [0.5, 0.6) is 0 Å². The third-order valence-corrected chi connectivity index (χ3v) is 2.40. The number of esters is 1. The zero-order chi connectivity index (χ0) is 14.4. The maximum absolute atomic E-state index is 13.4. The first kappa shape index (κ1) is 14.7. The van der Waals surface area contributed by atoms with Crippen LogP contribution in [-0.4, -0.2) is 36.0 Å². The molecule has 5 nitrogen and oxygen atoms in total. The topological polar surface area (TPSA) is 66.8 Å². The maximum atomic E-state index is 13.4. The molecular weight excluding hydrogens is 253 g/mol. The third-order valence-electron chi connectivity index (χ3n) is 2.40. The second-order valence-corrected chi connectivity index (χ2v) is 3.81. The molecule has 0 saturated carbocycles. The van der Waals surface area contributed by atoms with Crippen molar-refractivity contribution in [2.24, 2.45) is 0 Å². The van der Waals surface area contributed by atoms with E-state index in [1.54, 1.807) is 18.2 Å². The highest BCUT2D eigenvalue weighted by Crippen LogP contribution is 2.09. The summed E-state index contributed by atoms with van der Waals surface area (Å²) in [5, 5.41) is 9.22. The van der Waals surface area contributed by atoms with Gasteiger partial charge in [0.2, 0.25) is 5.76 Å². The Labute approximate surface area is 109 Å². The molecule has 1 N–H and O–H groups in total. The molecule has 0 unspecified atom stereocenters. The van der Waals surface area contributed by atoms with E-state index in [4.69, 9.17) is 0 Å². The fourth-order valence-corrected chi connectivity index (χ4v) is 1.35. The molecular formula is C13H14FNO4. The number of ether oxygens (including phenoxy) is 1. The van der Waals surface area contributed by atoms with Gasteiger partial charge in [0.15, 0.2) is 0 Å². The predicted molar refractivity (Wildman–Crippen MR) is 65.6 cm³/mol. The van der Waals surface area contributed by atoms with Crippen LogP contribution in [-0.2, 0) is 20.9 Å². The molecule has 102 valence electrons. The van der Waals surface area contributed by atoms with E-state index in [2.05, 4.69) is 4.74 Å². The first-order valence-electron chi connectivity index (χ1n) is 5.43. The molecule has 0 aliphatic rings. The number of methoxy groups -OCH3 is 1. The van der Waals surface area contributed by atoms with E-state index in [0.29, 0.717) is 5.56 Å². The summed E-state index contributed by atoms with van der Waals surface area (Å²) in [5.74, 6) is -2.87. The molecule has 0 heterocycles. The number of rotatable bonds is 4. The molecule has 0 spiro atoms. The van der Waals surface area contributed by atoms with Gasteiger partial charge in [-0.25, -0.2) is 9.18 Å². The van der Waals surface area contributed by atoms with E-state index in [1.807, 2.05) is 0 Å². The van der Waals surface area contributed by atoms with Crippen LogP contribution in [0, 0.1) is 5.82 Å². The average Bonchev–Trinajstić information content (AvgIpc) is 2.40. The number of aliphatic hydroxyl groups is 1. The monoisotopic (exact) mass is 267 g/mol. The lowest BCUT2D eigenvalue weighted by Gasteiger charge is -2.15. The minimum absolute atomic E-state index is 0.0243. The van der Waals surface area contributed by atoms with E-state index >= 15 is 0 Å². The Morgan fingerprint density at radius 2 is 2.05 bits per heavy atom. The summed E-state index contributed by atoms with van der Waals surface area (Å²) in [7, 11) is 2.51. The molecule has 0 saturated heterocycles. The molecule has 0 aromatic heterocycles. The number of carbonyl (C=O) groups is 2. The number of halogens is 1. The number of amides is 1. The maximum Gasteiger partial charge on any atom is 0.373 e. The second kappa shape index (κ2) is 6.53. The van der Waals surface area contributed by atoms with Gasteiger partial charge in [-0.1, -0.05) is 18.2 Å². The molecule has 0 aliphatic heterocycles. The molecule has 0 aliphatic carbocycles. The first-order valence-corrected chi connectivity index (χ1v) is 5.43. The highest BCUT2D eigenvalue weighted by molar-refractivity contribution is 5.96. The first-order chi connectivity index (χ1) is 8.95. The molecule has 1 aromatic rings. The molecule has 1 aromatic carbocycles. The summed E-state index contributed by atoms with van der Waals surface area (Å²) in [4.78, 5) is 23.7. The van der Waals surface area contributed by atoms with Crippen molar-refractivity contribution in [1.82, 2.24) is 4.90 Å². The number of hydrogen-bond donors (Lipinski definition) is 1. The molecule has 1 amide bonds. The van der Waals surface area contributed by atoms with Gasteiger partial charge in [-0.15, -0.1) is 0 Å². The van der Waals surface area contributed by atoms with Crippen molar-refractivity contribution >= 4 is 11.9 Å². The summed E-state index contributed by atoms with van der Waals surface area (Å²) in [6, 6.07) is 6.03. The Balaban J connectivity index is 2.74. The van der Waals surface area contributed by atoms with Gasteiger partial charge in [0, 0.05) is 19.2 Å². The van der Waals surface area contributed by atoms with Crippen molar-refractivity contribution in [3.8, 4) is 0 Å². The lowest BCUT2D eigenvalue weighted by molar-refractivity contribution is -0.139. The lowest BCUT2D eigenvalue weighted by Crippen LogP contribution is -2.25. The van der Waals surface area contributed by atoms with Crippen molar-refractivity contribution in [1.29, 1.82) is 0 Å². The number of aliphatic hydroxyl groups excluding tert-OH is 1. The highest BCUT2D eigenvalue weighted by Gasteiger charge is 2.14. The van der Waals surface area contributed by atoms with Gasteiger partial charge in [0.05, 0.1) is 13.2 Å². The lowest BCUT2D eigenvalue weighted by atomic mass is 10.2. The standard InChI is InChI=1S/C13H14FNO4/c1-15(8-9-5-3-4-6-10(9)14)12(17)7-11(16)13(18)19-2/h3-7,16H,8H2,1-2H3. The van der Waals surface area contributed by atoms with Crippen LogP contribution in [0.2, 0.25) is 0 Å². The van der Waals surface area contributed by atoms with Crippen LogP contribution >= 0.6 is 0 Å². The van der Waals surface area contributed by atoms with Crippen molar-refractivity contribution in [3.05, 3.63) is 47.5 Å². The smallest absolute Gasteiger partial charge is 0.373 e. The Kier molecular flexibility index (Phi) is 5.05. The minimum Gasteiger partial charge on any atom is -0.502 e. The molecule has 6 heteroatoms. The molecule has 0 fully saturated rings. The van der Waals surface area contributed by atoms with Gasteiger partial charge in [-0.05, 0) is 6.07 Å². The summed E-state index contributed by atoms with van der Waals surface area (Å²) in [5.41, 5.74) is 0.337. The van der Waals surface area contributed by atoms with Gasteiger partial charge >= 0.3 is 5.97 Å². The van der Waals surface area contributed by atoms with Crippen LogP contribution in [0.4, 0.5) is 4.39 Å². The van der Waals surface area contributed by atoms with E-state index in [0.717, 1.165) is 18.1 Å². The number of likely N-dealkylation sites (N-methyl/N-ethyl adjacent to an activating group) is 1. The van der Waals surface area contributed by atoms with Crippen LogP contribution in [0.3, 0.4) is 0 Å². The van der Waals surface area contributed by atoms with Gasteiger partial charge in [-0.3, -0.25) is 4.79 Å². The molecule has 0 radical (unpaired) electrons. The highest BCUT2D eigenvalue weighted by atomic mass is 19.1. The fourth-order valence-electron chi connectivity index (χ4n) is 1.35. The van der Waals surface area contributed by atoms with E-state index < -0.39 is 23.5 Å². The third kappa shape index (κ3) is 4.09. The average molecular weight is 267 g/mol. The Morgan fingerprint density at radius 3 is 2.63 bits per heavy atom. The van der Waals surface area contributed by atoms with Crippen molar-refractivity contribution in [2.75, 3.05) is 14.2 Å². The SMILES string of the molecule is COC(=O)C(O)=CC(=O)N(C)Cc1ccccc1F. The van der Waals surface area contributed by atoms with E-state index in [1.165, 1.54) is 13.1 Å². The number of nitrogens with zero attached hydrogens (tertiary/aromatic N) is 1. The molecule has 1 rings (SSSR count). The Morgan fingerprint density at radius 1 is 1.42 bits per heavy atom. The summed E-state index contributed by atoms with van der Waals surface area (Å²) in [6.45, 7) is 0.0243. The zero-order valence-electron chi connectivity index (χ0n) is 10.6. The molecule has 0 bridgehead atoms. The second-order valence-electron chi connectivity index (χ2n) is 3.81. The summed E-state index contributed by atoms with van der Waals surface area (Å²) >= 11 is 0. The number of hydrogen-bond acceptors (Lipinski definition) is 4. The Hall–Kier alpha value is -2.37.